The molecule has 0 radical (unpaired) electrons. The van der Waals surface area contributed by atoms with Gasteiger partial charge in [-0.05, 0) is 54.9 Å². The first kappa shape index (κ1) is 16.1. The Bertz CT molecular complexity index is 623. The van der Waals surface area contributed by atoms with Gasteiger partial charge in [0.05, 0.1) is 11.9 Å². The van der Waals surface area contributed by atoms with Gasteiger partial charge < -0.3 is 5.32 Å². The number of hydrogen-bond acceptors (Lipinski definition) is 3. The molecule has 0 aliphatic heterocycles. The molecule has 1 aromatic carbocycles. The molecule has 2 rings (SSSR count). The monoisotopic (exact) mass is 310 g/mol. The van der Waals surface area contributed by atoms with Gasteiger partial charge >= 0.3 is 0 Å². The molecular weight excluding hydrogens is 284 g/mol. The highest BCUT2D eigenvalue weighted by Gasteiger charge is 2.36. The van der Waals surface area contributed by atoms with E-state index in [0.29, 0.717) is 23.1 Å². The second kappa shape index (κ2) is 5.52. The second-order valence-electron chi connectivity index (χ2n) is 7.20. The Morgan fingerprint density at radius 3 is 2.38 bits per heavy atom. The Kier molecular flexibility index (Phi) is 4.24. The largest absolute Gasteiger partial charge is 0.382 e. The highest BCUT2D eigenvalue weighted by atomic mass is 32.2. The summed E-state index contributed by atoms with van der Waals surface area (Å²) in [7, 11) is -3.23. The lowest BCUT2D eigenvalue weighted by molar-refractivity contribution is 0.366. The molecule has 2 unspecified atom stereocenters. The highest BCUT2D eigenvalue weighted by molar-refractivity contribution is 7.92. The molecule has 0 saturated heterocycles. The molecule has 1 fully saturated rings. The van der Waals surface area contributed by atoms with Crippen molar-refractivity contribution in [2.75, 3.05) is 16.3 Å². The predicted octanol–water partition coefficient (Wildman–Crippen LogP) is 3.60. The van der Waals surface area contributed by atoms with E-state index in [9.17, 15) is 8.42 Å². The summed E-state index contributed by atoms with van der Waals surface area (Å²) in [5, 5.41) is 3.60. The number of aryl methyl sites for hydroxylation is 1. The van der Waals surface area contributed by atoms with Crippen molar-refractivity contribution in [3.63, 3.8) is 0 Å². The fourth-order valence-electron chi connectivity index (χ4n) is 3.37. The van der Waals surface area contributed by atoms with Gasteiger partial charge in [-0.3, -0.25) is 4.72 Å². The number of hydrogen-bond donors (Lipinski definition) is 2. The predicted molar refractivity (Wildman–Crippen MR) is 89.2 cm³/mol. The van der Waals surface area contributed by atoms with Crippen molar-refractivity contribution in [1.82, 2.24) is 0 Å². The van der Waals surface area contributed by atoms with Crippen LogP contribution in [0.1, 0.15) is 39.2 Å². The van der Waals surface area contributed by atoms with Crippen LogP contribution in [0, 0.1) is 18.3 Å². The number of rotatable bonds is 4. The van der Waals surface area contributed by atoms with Crippen LogP contribution in [-0.2, 0) is 10.0 Å². The van der Waals surface area contributed by atoms with Crippen LogP contribution in [0.25, 0.3) is 0 Å². The fraction of sp³-hybridized carbons (Fsp3) is 0.625. The molecule has 1 aliphatic carbocycles. The summed E-state index contributed by atoms with van der Waals surface area (Å²) in [6, 6.07) is 6.25. The van der Waals surface area contributed by atoms with Crippen molar-refractivity contribution in [3.05, 3.63) is 23.8 Å². The van der Waals surface area contributed by atoms with Crippen molar-refractivity contribution >= 4 is 21.4 Å². The van der Waals surface area contributed by atoms with E-state index in [1.807, 2.05) is 25.1 Å². The van der Waals surface area contributed by atoms with Crippen molar-refractivity contribution in [3.8, 4) is 0 Å². The molecule has 1 saturated carbocycles. The Morgan fingerprint density at radius 2 is 1.90 bits per heavy atom. The van der Waals surface area contributed by atoms with E-state index in [1.165, 1.54) is 12.7 Å². The van der Waals surface area contributed by atoms with E-state index >= 15 is 0 Å². The van der Waals surface area contributed by atoms with Gasteiger partial charge in [0.2, 0.25) is 10.0 Å². The summed E-state index contributed by atoms with van der Waals surface area (Å²) in [5.41, 5.74) is 3.02. The lowest BCUT2D eigenvalue weighted by Crippen LogP contribution is -2.22. The first-order valence-corrected chi connectivity index (χ1v) is 9.30. The van der Waals surface area contributed by atoms with E-state index in [4.69, 9.17) is 0 Å². The maximum absolute atomic E-state index is 11.3. The molecule has 0 amide bonds. The minimum atomic E-state index is -3.23. The SMILES string of the molecule is Cc1cc(NC2CC(C)(C)CC2C)ccc1NS(C)(=O)=O. The molecule has 1 aliphatic rings. The average molecular weight is 310 g/mol. The summed E-state index contributed by atoms with van der Waals surface area (Å²) in [6.07, 6.45) is 3.56. The normalized spacial score (nSPS) is 24.8. The van der Waals surface area contributed by atoms with Crippen LogP contribution in [0.3, 0.4) is 0 Å². The Labute approximate surface area is 128 Å². The van der Waals surface area contributed by atoms with E-state index in [-0.39, 0.29) is 0 Å². The third kappa shape index (κ3) is 4.37. The summed E-state index contributed by atoms with van der Waals surface area (Å²) in [5.74, 6) is 0.647. The van der Waals surface area contributed by atoms with E-state index in [0.717, 1.165) is 17.7 Å². The molecule has 2 N–H and O–H groups in total. The number of benzene rings is 1. The van der Waals surface area contributed by atoms with Crippen LogP contribution in [-0.4, -0.2) is 20.7 Å². The van der Waals surface area contributed by atoms with Gasteiger partial charge in [-0.25, -0.2) is 8.42 Å². The molecule has 0 heterocycles. The van der Waals surface area contributed by atoms with Crippen LogP contribution < -0.4 is 10.0 Å². The van der Waals surface area contributed by atoms with Crippen molar-refractivity contribution < 1.29 is 8.42 Å². The maximum atomic E-state index is 11.3. The fourth-order valence-corrected chi connectivity index (χ4v) is 4.00. The summed E-state index contributed by atoms with van der Waals surface area (Å²) >= 11 is 0. The quantitative estimate of drug-likeness (QED) is 0.893. The number of nitrogens with one attached hydrogen (secondary N) is 2. The summed E-state index contributed by atoms with van der Waals surface area (Å²) < 4.78 is 25.1. The van der Waals surface area contributed by atoms with Crippen LogP contribution in [0.2, 0.25) is 0 Å². The van der Waals surface area contributed by atoms with E-state index in [2.05, 4.69) is 30.8 Å². The number of sulfonamides is 1. The molecule has 2 atom stereocenters. The zero-order valence-electron chi connectivity index (χ0n) is 13.5. The van der Waals surface area contributed by atoms with Crippen molar-refractivity contribution in [2.45, 2.75) is 46.6 Å². The van der Waals surface area contributed by atoms with Crippen molar-refractivity contribution in [1.29, 1.82) is 0 Å². The smallest absolute Gasteiger partial charge is 0.229 e. The topological polar surface area (TPSA) is 58.2 Å². The Morgan fingerprint density at radius 1 is 1.24 bits per heavy atom. The molecular formula is C16H26N2O2S. The number of anilines is 2. The molecule has 5 heteroatoms. The van der Waals surface area contributed by atoms with Gasteiger partial charge in [-0.15, -0.1) is 0 Å². The van der Waals surface area contributed by atoms with E-state index in [1.54, 1.807) is 0 Å². The molecule has 4 nitrogen and oxygen atoms in total. The van der Waals surface area contributed by atoms with Gasteiger partial charge in [-0.2, -0.15) is 0 Å². The molecule has 118 valence electrons. The van der Waals surface area contributed by atoms with Gasteiger partial charge in [0.25, 0.3) is 0 Å². The lowest BCUT2D eigenvalue weighted by Gasteiger charge is -2.20. The third-order valence-electron chi connectivity index (χ3n) is 4.21. The first-order valence-electron chi connectivity index (χ1n) is 7.41. The highest BCUT2D eigenvalue weighted by Crippen LogP contribution is 2.42. The maximum Gasteiger partial charge on any atom is 0.229 e. The van der Waals surface area contributed by atoms with Crippen LogP contribution in [0.15, 0.2) is 18.2 Å². The zero-order chi connectivity index (χ0) is 15.8. The Balaban J connectivity index is 2.11. The molecule has 21 heavy (non-hydrogen) atoms. The Hall–Kier alpha value is -1.23. The van der Waals surface area contributed by atoms with Crippen LogP contribution >= 0.6 is 0 Å². The van der Waals surface area contributed by atoms with Gasteiger partial charge in [0.1, 0.15) is 0 Å². The van der Waals surface area contributed by atoms with Crippen LogP contribution in [0.4, 0.5) is 11.4 Å². The summed E-state index contributed by atoms with van der Waals surface area (Å²) in [4.78, 5) is 0. The minimum Gasteiger partial charge on any atom is -0.382 e. The molecule has 0 bridgehead atoms. The average Bonchev–Trinajstić information content (AvgIpc) is 2.54. The third-order valence-corrected chi connectivity index (χ3v) is 4.80. The first-order chi connectivity index (χ1) is 9.56. The van der Waals surface area contributed by atoms with Gasteiger partial charge in [0, 0.05) is 11.7 Å². The second-order valence-corrected chi connectivity index (χ2v) is 8.95. The molecule has 0 spiro atoms. The van der Waals surface area contributed by atoms with E-state index < -0.39 is 10.0 Å². The van der Waals surface area contributed by atoms with Crippen LogP contribution in [0.5, 0.6) is 0 Å². The molecule has 1 aromatic rings. The summed E-state index contributed by atoms with van der Waals surface area (Å²) in [6.45, 7) is 8.84. The minimum absolute atomic E-state index is 0.393. The van der Waals surface area contributed by atoms with Gasteiger partial charge in [-0.1, -0.05) is 20.8 Å². The lowest BCUT2D eigenvalue weighted by atomic mass is 9.91. The van der Waals surface area contributed by atoms with Gasteiger partial charge in [0.15, 0.2) is 0 Å². The standard InChI is InChI=1S/C16H26N2O2S/c1-11-8-13(6-7-14(11)18-21(5,19)20)17-15-10-16(3,4)9-12(15)2/h6-8,12,15,17-18H,9-10H2,1-5H3. The van der Waals surface area contributed by atoms with Crippen molar-refractivity contribution in [2.24, 2.45) is 11.3 Å². The zero-order valence-corrected chi connectivity index (χ0v) is 14.3. The molecule has 0 aromatic heterocycles.